The summed E-state index contributed by atoms with van der Waals surface area (Å²) in [5.41, 5.74) is 0. The summed E-state index contributed by atoms with van der Waals surface area (Å²) in [6.45, 7) is 4.83. The highest BCUT2D eigenvalue weighted by atomic mass is 16.7. The van der Waals surface area contributed by atoms with Crippen LogP contribution >= 0.6 is 0 Å². The summed E-state index contributed by atoms with van der Waals surface area (Å²) in [6.07, 6.45) is 21.6. The molecule has 266 valence electrons. The van der Waals surface area contributed by atoms with Crippen LogP contribution in [0.4, 0.5) is 0 Å². The first-order valence-electron chi connectivity index (χ1n) is 18.2. The van der Waals surface area contributed by atoms with Gasteiger partial charge in [-0.25, -0.2) is 4.79 Å². The summed E-state index contributed by atoms with van der Waals surface area (Å²) in [6, 6.07) is 0. The van der Waals surface area contributed by atoms with Crippen molar-refractivity contribution in [3.05, 3.63) is 0 Å². The Balaban J connectivity index is 4.57. The number of carbonyl (C=O) groups is 3. The van der Waals surface area contributed by atoms with Gasteiger partial charge in [-0.1, -0.05) is 129 Å². The molecule has 0 fully saturated rings. The molecule has 9 nitrogen and oxygen atoms in total. The summed E-state index contributed by atoms with van der Waals surface area (Å²) in [5, 5.41) is 9.55. The molecule has 0 aromatic heterocycles. The first-order chi connectivity index (χ1) is 21.6. The van der Waals surface area contributed by atoms with Crippen molar-refractivity contribution in [3.63, 3.8) is 0 Å². The van der Waals surface area contributed by atoms with Crippen molar-refractivity contribution < 1.29 is 42.9 Å². The summed E-state index contributed by atoms with van der Waals surface area (Å²) in [7, 11) is 5.94. The molecule has 0 rings (SSSR count). The Bertz CT molecular complexity index is 724. The van der Waals surface area contributed by atoms with Crippen LogP contribution in [0.15, 0.2) is 0 Å². The zero-order chi connectivity index (χ0) is 33.6. The number of hydrogen-bond acceptors (Lipinski definition) is 7. The van der Waals surface area contributed by atoms with E-state index in [1.54, 1.807) is 0 Å². The molecule has 0 saturated heterocycles. The summed E-state index contributed by atoms with van der Waals surface area (Å²) >= 11 is 0. The molecule has 0 spiro atoms. The molecule has 0 radical (unpaired) electrons. The number of rotatable bonds is 33. The van der Waals surface area contributed by atoms with Crippen LogP contribution in [0.3, 0.4) is 0 Å². The minimum Gasteiger partial charge on any atom is -0.477 e. The maximum atomic E-state index is 12.6. The standard InChI is InChI=1S/C36H69NO8/c1-6-8-10-12-14-16-18-20-22-24-26-33(38)43-30-32(31-44-36(35(40)41)42-29-28-37(3,4)5)45-34(39)27-25-23-21-19-17-15-13-11-9-7-2/h32,36H,6-31H2,1-5H3/p+1. The van der Waals surface area contributed by atoms with Crippen LogP contribution in [0.25, 0.3) is 0 Å². The zero-order valence-corrected chi connectivity index (χ0v) is 29.8. The van der Waals surface area contributed by atoms with Crippen LogP contribution in [-0.2, 0) is 33.3 Å². The van der Waals surface area contributed by atoms with Gasteiger partial charge in [0.05, 0.1) is 34.4 Å². The number of hydrogen-bond donors (Lipinski definition) is 1. The first-order valence-corrected chi connectivity index (χ1v) is 18.2. The van der Waals surface area contributed by atoms with Gasteiger partial charge in [-0.15, -0.1) is 0 Å². The van der Waals surface area contributed by atoms with E-state index in [0.717, 1.165) is 38.5 Å². The maximum Gasteiger partial charge on any atom is 0.361 e. The fourth-order valence-electron chi connectivity index (χ4n) is 4.95. The quantitative estimate of drug-likeness (QED) is 0.0330. The monoisotopic (exact) mass is 645 g/mol. The van der Waals surface area contributed by atoms with Crippen LogP contribution < -0.4 is 0 Å². The lowest BCUT2D eigenvalue weighted by Gasteiger charge is -2.25. The summed E-state index contributed by atoms with van der Waals surface area (Å²) in [5.74, 6) is -2.00. The predicted octanol–water partition coefficient (Wildman–Crippen LogP) is 8.21. The van der Waals surface area contributed by atoms with E-state index in [1.165, 1.54) is 89.9 Å². The minimum atomic E-state index is -1.50. The van der Waals surface area contributed by atoms with E-state index in [9.17, 15) is 19.5 Å². The summed E-state index contributed by atoms with van der Waals surface area (Å²) < 4.78 is 22.5. The van der Waals surface area contributed by atoms with Crippen LogP contribution in [0.5, 0.6) is 0 Å². The predicted molar refractivity (Wildman–Crippen MR) is 180 cm³/mol. The number of carboxylic acids is 1. The Labute approximate surface area is 275 Å². The molecule has 0 aliphatic rings. The lowest BCUT2D eigenvalue weighted by molar-refractivity contribution is -0.870. The van der Waals surface area contributed by atoms with Crippen LogP contribution in [0, 0.1) is 0 Å². The molecule has 0 aromatic carbocycles. The zero-order valence-electron chi connectivity index (χ0n) is 29.8. The van der Waals surface area contributed by atoms with Gasteiger partial charge in [0, 0.05) is 12.8 Å². The van der Waals surface area contributed by atoms with Gasteiger partial charge in [-0.05, 0) is 12.8 Å². The number of unbranched alkanes of at least 4 members (excludes halogenated alkanes) is 18. The van der Waals surface area contributed by atoms with E-state index < -0.39 is 24.3 Å². The maximum absolute atomic E-state index is 12.6. The van der Waals surface area contributed by atoms with Gasteiger partial charge in [0.2, 0.25) is 0 Å². The van der Waals surface area contributed by atoms with Gasteiger partial charge in [0.1, 0.15) is 13.2 Å². The van der Waals surface area contributed by atoms with Crippen LogP contribution in [-0.4, -0.2) is 87.4 Å². The Hall–Kier alpha value is -1.71. The number of esters is 2. The second-order valence-corrected chi connectivity index (χ2v) is 13.5. The molecular weight excluding hydrogens is 574 g/mol. The summed E-state index contributed by atoms with van der Waals surface area (Å²) in [4.78, 5) is 36.7. The third-order valence-corrected chi connectivity index (χ3v) is 7.86. The number of aliphatic carboxylic acids is 1. The molecule has 1 N–H and O–H groups in total. The van der Waals surface area contributed by atoms with E-state index in [2.05, 4.69) is 13.8 Å². The Morgan fingerprint density at radius 1 is 0.578 bits per heavy atom. The van der Waals surface area contributed by atoms with E-state index >= 15 is 0 Å². The highest BCUT2D eigenvalue weighted by Gasteiger charge is 2.25. The molecule has 0 aromatic rings. The molecule has 0 amide bonds. The Kier molecular flexibility index (Phi) is 28.5. The normalized spacial score (nSPS) is 13.0. The molecular formula is C36H70NO8+. The molecule has 2 atom stereocenters. The van der Waals surface area contributed by atoms with Crippen molar-refractivity contribution in [2.75, 3.05) is 47.5 Å². The number of quaternary nitrogens is 1. The molecule has 0 bridgehead atoms. The largest absolute Gasteiger partial charge is 0.477 e. The topological polar surface area (TPSA) is 108 Å². The molecule has 2 unspecified atom stereocenters. The molecule has 9 heteroatoms. The number of carbonyl (C=O) groups excluding carboxylic acids is 2. The lowest BCUT2D eigenvalue weighted by Crippen LogP contribution is -2.40. The van der Waals surface area contributed by atoms with Gasteiger partial charge in [-0.3, -0.25) is 9.59 Å². The molecule has 0 heterocycles. The number of likely N-dealkylation sites (N-methyl/N-ethyl adjacent to an activating group) is 1. The highest BCUT2D eigenvalue weighted by molar-refractivity contribution is 5.71. The van der Waals surface area contributed by atoms with E-state index in [0.29, 0.717) is 17.4 Å². The fourth-order valence-corrected chi connectivity index (χ4v) is 4.95. The average Bonchev–Trinajstić information content (AvgIpc) is 2.98. The van der Waals surface area contributed by atoms with Crippen molar-refractivity contribution in [3.8, 4) is 0 Å². The van der Waals surface area contributed by atoms with Crippen molar-refractivity contribution in [1.29, 1.82) is 0 Å². The van der Waals surface area contributed by atoms with Crippen molar-refractivity contribution in [1.82, 2.24) is 0 Å². The smallest absolute Gasteiger partial charge is 0.361 e. The van der Waals surface area contributed by atoms with E-state index in [-0.39, 0.29) is 32.2 Å². The second-order valence-electron chi connectivity index (χ2n) is 13.5. The van der Waals surface area contributed by atoms with Gasteiger partial charge >= 0.3 is 17.9 Å². The third-order valence-electron chi connectivity index (χ3n) is 7.86. The van der Waals surface area contributed by atoms with Crippen LogP contribution in [0.2, 0.25) is 0 Å². The van der Waals surface area contributed by atoms with Crippen molar-refractivity contribution >= 4 is 17.9 Å². The molecule has 0 aliphatic carbocycles. The SMILES string of the molecule is CCCCCCCCCCCCC(=O)OCC(COC(OCC[N+](C)(C)C)C(=O)O)OC(=O)CCCCCCCCCCCC. The number of ether oxygens (including phenoxy) is 4. The van der Waals surface area contributed by atoms with Crippen LogP contribution in [0.1, 0.15) is 155 Å². The third kappa shape index (κ3) is 30.7. The Morgan fingerprint density at radius 3 is 1.42 bits per heavy atom. The molecule has 0 saturated carbocycles. The van der Waals surface area contributed by atoms with Crippen molar-refractivity contribution in [2.24, 2.45) is 0 Å². The highest BCUT2D eigenvalue weighted by Crippen LogP contribution is 2.14. The first kappa shape index (κ1) is 43.3. The fraction of sp³-hybridized carbons (Fsp3) is 0.917. The van der Waals surface area contributed by atoms with E-state index in [4.69, 9.17) is 18.9 Å². The Morgan fingerprint density at radius 2 is 1.00 bits per heavy atom. The van der Waals surface area contributed by atoms with Gasteiger partial charge in [0.25, 0.3) is 6.29 Å². The van der Waals surface area contributed by atoms with Crippen molar-refractivity contribution in [2.45, 2.75) is 167 Å². The second kappa shape index (κ2) is 29.7. The van der Waals surface area contributed by atoms with Gasteiger partial charge in [-0.2, -0.15) is 0 Å². The van der Waals surface area contributed by atoms with Gasteiger partial charge in [0.15, 0.2) is 6.10 Å². The van der Waals surface area contributed by atoms with Gasteiger partial charge < -0.3 is 28.5 Å². The van der Waals surface area contributed by atoms with E-state index in [1.807, 2.05) is 21.1 Å². The lowest BCUT2D eigenvalue weighted by atomic mass is 10.1. The minimum absolute atomic E-state index is 0.175. The number of carboxylic acid groups (broad SMARTS) is 1. The number of nitrogens with zero attached hydrogens (tertiary/aromatic N) is 1. The molecule has 0 aliphatic heterocycles. The average molecular weight is 645 g/mol. The molecule has 45 heavy (non-hydrogen) atoms.